The number of carbonyl (C=O) groups is 1. The standard InChI is InChI=1S/C13H17NO2/c1-16-13-5-3-2-4-11(13)12(9-15)10-6-7-14-8-10/h2-5,9-10,12,14H,6-8H2,1H3. The van der Waals surface area contributed by atoms with Crippen molar-refractivity contribution in [2.45, 2.75) is 12.3 Å². The highest BCUT2D eigenvalue weighted by molar-refractivity contribution is 5.65. The Bertz CT molecular complexity index is 359. The Morgan fingerprint density at radius 2 is 2.31 bits per heavy atom. The van der Waals surface area contributed by atoms with E-state index in [0.29, 0.717) is 5.92 Å². The molecular formula is C13H17NO2. The van der Waals surface area contributed by atoms with Gasteiger partial charge in [0.2, 0.25) is 0 Å². The molecule has 2 unspecified atom stereocenters. The zero-order valence-corrected chi connectivity index (χ0v) is 9.48. The molecule has 1 N–H and O–H groups in total. The summed E-state index contributed by atoms with van der Waals surface area (Å²) in [7, 11) is 1.65. The van der Waals surface area contributed by atoms with Crippen LogP contribution >= 0.6 is 0 Å². The van der Waals surface area contributed by atoms with Crippen molar-refractivity contribution in [3.8, 4) is 5.75 Å². The van der Waals surface area contributed by atoms with Crippen LogP contribution in [0.4, 0.5) is 0 Å². The average Bonchev–Trinajstić information content (AvgIpc) is 2.84. The van der Waals surface area contributed by atoms with Gasteiger partial charge >= 0.3 is 0 Å². The van der Waals surface area contributed by atoms with Gasteiger partial charge in [-0.25, -0.2) is 0 Å². The number of nitrogens with one attached hydrogen (secondary N) is 1. The zero-order valence-electron chi connectivity index (χ0n) is 9.48. The monoisotopic (exact) mass is 219 g/mol. The van der Waals surface area contributed by atoms with E-state index in [0.717, 1.165) is 37.1 Å². The van der Waals surface area contributed by atoms with Crippen molar-refractivity contribution < 1.29 is 9.53 Å². The second-order valence-corrected chi connectivity index (χ2v) is 4.16. The van der Waals surface area contributed by atoms with Crippen LogP contribution in [0.15, 0.2) is 24.3 Å². The molecule has 3 heteroatoms. The van der Waals surface area contributed by atoms with Gasteiger partial charge in [0.25, 0.3) is 0 Å². The molecule has 86 valence electrons. The maximum atomic E-state index is 11.3. The SMILES string of the molecule is COc1ccccc1C(C=O)C1CCNC1. The van der Waals surface area contributed by atoms with Crippen molar-refractivity contribution in [2.24, 2.45) is 5.92 Å². The molecular weight excluding hydrogens is 202 g/mol. The van der Waals surface area contributed by atoms with Crippen molar-refractivity contribution >= 4 is 6.29 Å². The lowest BCUT2D eigenvalue weighted by molar-refractivity contribution is -0.110. The quantitative estimate of drug-likeness (QED) is 0.781. The average molecular weight is 219 g/mol. The number of aldehydes is 1. The predicted molar refractivity (Wildman–Crippen MR) is 62.8 cm³/mol. The van der Waals surface area contributed by atoms with Crippen molar-refractivity contribution in [3.05, 3.63) is 29.8 Å². The van der Waals surface area contributed by atoms with Gasteiger partial charge in [0.1, 0.15) is 12.0 Å². The number of rotatable bonds is 4. The smallest absolute Gasteiger partial charge is 0.127 e. The minimum atomic E-state index is -0.0499. The van der Waals surface area contributed by atoms with Crippen LogP contribution < -0.4 is 10.1 Å². The van der Waals surface area contributed by atoms with Gasteiger partial charge in [0.15, 0.2) is 0 Å². The van der Waals surface area contributed by atoms with E-state index in [-0.39, 0.29) is 5.92 Å². The molecule has 1 aliphatic rings. The van der Waals surface area contributed by atoms with E-state index >= 15 is 0 Å². The number of para-hydroxylation sites is 1. The summed E-state index contributed by atoms with van der Waals surface area (Å²) in [5, 5.41) is 3.29. The van der Waals surface area contributed by atoms with Crippen LogP contribution in [0, 0.1) is 5.92 Å². The molecule has 1 fully saturated rings. The van der Waals surface area contributed by atoms with Gasteiger partial charge in [0, 0.05) is 11.5 Å². The number of carbonyl (C=O) groups excluding carboxylic acids is 1. The Morgan fingerprint density at radius 3 is 2.94 bits per heavy atom. The van der Waals surface area contributed by atoms with Gasteiger partial charge in [0.05, 0.1) is 7.11 Å². The van der Waals surface area contributed by atoms with Gasteiger partial charge in [-0.2, -0.15) is 0 Å². The molecule has 1 aromatic rings. The molecule has 0 aromatic heterocycles. The lowest BCUT2D eigenvalue weighted by Crippen LogP contribution is -2.18. The normalized spacial score (nSPS) is 21.7. The highest BCUT2D eigenvalue weighted by Gasteiger charge is 2.27. The maximum absolute atomic E-state index is 11.3. The van der Waals surface area contributed by atoms with Crippen LogP contribution in [0.1, 0.15) is 17.9 Å². The van der Waals surface area contributed by atoms with Crippen LogP contribution in [-0.2, 0) is 4.79 Å². The second kappa shape index (κ2) is 5.12. The largest absolute Gasteiger partial charge is 0.496 e. The highest BCUT2D eigenvalue weighted by atomic mass is 16.5. The molecule has 2 rings (SSSR count). The number of hydrogen-bond donors (Lipinski definition) is 1. The van der Waals surface area contributed by atoms with Gasteiger partial charge in [-0.3, -0.25) is 0 Å². The molecule has 0 bridgehead atoms. The molecule has 0 radical (unpaired) electrons. The number of methoxy groups -OCH3 is 1. The lowest BCUT2D eigenvalue weighted by atomic mass is 9.86. The fourth-order valence-electron chi connectivity index (χ4n) is 2.36. The van der Waals surface area contributed by atoms with Gasteiger partial charge in [-0.1, -0.05) is 18.2 Å². The minimum absolute atomic E-state index is 0.0499. The molecule has 0 amide bonds. The van der Waals surface area contributed by atoms with Crippen LogP contribution in [0.2, 0.25) is 0 Å². The fraction of sp³-hybridized carbons (Fsp3) is 0.462. The third kappa shape index (κ3) is 2.09. The number of hydrogen-bond acceptors (Lipinski definition) is 3. The second-order valence-electron chi connectivity index (χ2n) is 4.16. The molecule has 0 aliphatic carbocycles. The van der Waals surface area contributed by atoms with E-state index in [4.69, 9.17) is 4.74 Å². The van der Waals surface area contributed by atoms with Crippen LogP contribution in [0.25, 0.3) is 0 Å². The van der Waals surface area contributed by atoms with Crippen LogP contribution in [-0.4, -0.2) is 26.5 Å². The summed E-state index contributed by atoms with van der Waals surface area (Å²) < 4.78 is 5.31. The van der Waals surface area contributed by atoms with Gasteiger partial charge in [-0.05, 0) is 31.5 Å². The van der Waals surface area contributed by atoms with Crippen molar-refractivity contribution in [1.29, 1.82) is 0 Å². The highest BCUT2D eigenvalue weighted by Crippen LogP contribution is 2.33. The Labute approximate surface area is 95.8 Å². The maximum Gasteiger partial charge on any atom is 0.127 e. The Balaban J connectivity index is 2.28. The van der Waals surface area contributed by atoms with Gasteiger partial charge < -0.3 is 14.8 Å². The summed E-state index contributed by atoms with van der Waals surface area (Å²) in [5.41, 5.74) is 1.01. The summed E-state index contributed by atoms with van der Waals surface area (Å²) in [5.74, 6) is 1.16. The minimum Gasteiger partial charge on any atom is -0.496 e. The Morgan fingerprint density at radius 1 is 1.50 bits per heavy atom. The topological polar surface area (TPSA) is 38.3 Å². The van der Waals surface area contributed by atoms with E-state index in [1.54, 1.807) is 7.11 Å². The fourth-order valence-corrected chi connectivity index (χ4v) is 2.36. The zero-order chi connectivity index (χ0) is 11.4. The number of ether oxygens (including phenoxy) is 1. The number of benzene rings is 1. The molecule has 2 atom stereocenters. The predicted octanol–water partition coefficient (Wildman–Crippen LogP) is 1.59. The Hall–Kier alpha value is -1.35. The first-order chi connectivity index (χ1) is 7.86. The van der Waals surface area contributed by atoms with Crippen molar-refractivity contribution in [2.75, 3.05) is 20.2 Å². The third-order valence-corrected chi connectivity index (χ3v) is 3.25. The summed E-state index contributed by atoms with van der Waals surface area (Å²) in [6, 6.07) is 7.78. The first-order valence-corrected chi connectivity index (χ1v) is 5.65. The van der Waals surface area contributed by atoms with E-state index in [9.17, 15) is 4.79 Å². The summed E-state index contributed by atoms with van der Waals surface area (Å²) in [6.07, 6.45) is 2.11. The van der Waals surface area contributed by atoms with E-state index in [1.807, 2.05) is 24.3 Å². The summed E-state index contributed by atoms with van der Waals surface area (Å²) >= 11 is 0. The van der Waals surface area contributed by atoms with E-state index in [1.165, 1.54) is 0 Å². The molecule has 1 saturated heterocycles. The first kappa shape index (κ1) is 11.1. The molecule has 1 aliphatic heterocycles. The molecule has 16 heavy (non-hydrogen) atoms. The third-order valence-electron chi connectivity index (χ3n) is 3.25. The summed E-state index contributed by atoms with van der Waals surface area (Å²) in [4.78, 5) is 11.3. The van der Waals surface area contributed by atoms with Crippen LogP contribution in [0.5, 0.6) is 5.75 Å². The lowest BCUT2D eigenvalue weighted by Gasteiger charge is -2.19. The Kier molecular flexibility index (Phi) is 3.57. The van der Waals surface area contributed by atoms with E-state index in [2.05, 4.69) is 5.32 Å². The molecule has 0 saturated carbocycles. The summed E-state index contributed by atoms with van der Waals surface area (Å²) in [6.45, 7) is 1.92. The van der Waals surface area contributed by atoms with Crippen LogP contribution in [0.3, 0.4) is 0 Å². The van der Waals surface area contributed by atoms with E-state index < -0.39 is 0 Å². The molecule has 0 spiro atoms. The van der Waals surface area contributed by atoms with Crippen molar-refractivity contribution in [1.82, 2.24) is 5.32 Å². The van der Waals surface area contributed by atoms with Crippen molar-refractivity contribution in [3.63, 3.8) is 0 Å². The molecule has 1 heterocycles. The molecule has 1 aromatic carbocycles. The molecule has 3 nitrogen and oxygen atoms in total. The van der Waals surface area contributed by atoms with Gasteiger partial charge in [-0.15, -0.1) is 0 Å². The first-order valence-electron chi connectivity index (χ1n) is 5.65.